The summed E-state index contributed by atoms with van der Waals surface area (Å²) in [4.78, 5) is 37.1. The fourth-order valence-corrected chi connectivity index (χ4v) is 3.59. The molecular weight excluding hydrogens is 356 g/mol. The number of hydrogen-bond acceptors (Lipinski definition) is 6. The SMILES string of the molecule is COC(=O)c1c(NC(=O)C(=O)NCc2c(C)nn(C)c2C)sc(C)c1C. The summed E-state index contributed by atoms with van der Waals surface area (Å²) >= 11 is 1.23. The number of thiophene rings is 1. The van der Waals surface area contributed by atoms with Crippen LogP contribution in [0, 0.1) is 27.7 Å². The van der Waals surface area contributed by atoms with Gasteiger partial charge in [0.15, 0.2) is 0 Å². The molecule has 2 aromatic rings. The molecule has 0 bridgehead atoms. The van der Waals surface area contributed by atoms with Crippen molar-refractivity contribution in [3.63, 3.8) is 0 Å². The van der Waals surface area contributed by atoms with Crippen molar-refractivity contribution >= 4 is 34.1 Å². The third-order valence-electron chi connectivity index (χ3n) is 4.29. The van der Waals surface area contributed by atoms with Crippen LogP contribution in [0.25, 0.3) is 0 Å². The van der Waals surface area contributed by atoms with E-state index in [-0.39, 0.29) is 12.1 Å². The minimum atomic E-state index is -0.837. The van der Waals surface area contributed by atoms with Crippen molar-refractivity contribution in [1.29, 1.82) is 0 Å². The summed E-state index contributed by atoms with van der Waals surface area (Å²) in [5.74, 6) is -2.17. The van der Waals surface area contributed by atoms with Crippen molar-refractivity contribution < 1.29 is 19.1 Å². The number of amides is 2. The minimum absolute atomic E-state index is 0.199. The molecule has 2 N–H and O–H groups in total. The highest BCUT2D eigenvalue weighted by Gasteiger charge is 2.24. The number of methoxy groups -OCH3 is 1. The van der Waals surface area contributed by atoms with Gasteiger partial charge in [0, 0.05) is 29.7 Å². The molecule has 2 heterocycles. The average molecular weight is 378 g/mol. The molecule has 0 saturated carbocycles. The Labute approximate surface area is 155 Å². The molecule has 2 amide bonds. The number of ether oxygens (including phenoxy) is 1. The standard InChI is InChI=1S/C17H22N4O4S/c1-8-11(4)26-16(13(8)17(24)25-6)19-15(23)14(22)18-7-12-9(2)20-21(5)10(12)3/h7H2,1-6H3,(H,18,22)(H,19,23). The number of anilines is 1. The molecular formula is C17H22N4O4S. The Balaban J connectivity index is 2.09. The summed E-state index contributed by atoms with van der Waals surface area (Å²) in [5.41, 5.74) is 3.57. The third kappa shape index (κ3) is 3.77. The first-order valence-corrected chi connectivity index (χ1v) is 8.75. The molecule has 9 heteroatoms. The van der Waals surface area contributed by atoms with E-state index in [2.05, 4.69) is 15.7 Å². The number of hydrogen-bond donors (Lipinski definition) is 2. The zero-order valence-corrected chi connectivity index (χ0v) is 16.5. The number of esters is 1. The Morgan fingerprint density at radius 2 is 1.81 bits per heavy atom. The van der Waals surface area contributed by atoms with Crippen LogP contribution in [0.3, 0.4) is 0 Å². The molecule has 0 spiro atoms. The van der Waals surface area contributed by atoms with E-state index in [1.165, 1.54) is 18.4 Å². The first-order chi connectivity index (χ1) is 12.2. The van der Waals surface area contributed by atoms with Gasteiger partial charge in [0.25, 0.3) is 0 Å². The van der Waals surface area contributed by atoms with Crippen molar-refractivity contribution in [3.8, 4) is 0 Å². The Kier molecular flexibility index (Phi) is 5.81. The lowest BCUT2D eigenvalue weighted by molar-refractivity contribution is -0.136. The van der Waals surface area contributed by atoms with Gasteiger partial charge in [-0.3, -0.25) is 14.3 Å². The second-order valence-electron chi connectivity index (χ2n) is 5.89. The van der Waals surface area contributed by atoms with E-state index >= 15 is 0 Å². The highest BCUT2D eigenvalue weighted by molar-refractivity contribution is 7.17. The lowest BCUT2D eigenvalue weighted by Gasteiger charge is -2.07. The topological polar surface area (TPSA) is 102 Å². The predicted octanol–water partition coefficient (Wildman–Crippen LogP) is 1.76. The van der Waals surface area contributed by atoms with E-state index in [0.717, 1.165) is 27.4 Å². The maximum absolute atomic E-state index is 12.2. The lowest BCUT2D eigenvalue weighted by Crippen LogP contribution is -2.35. The smallest absolute Gasteiger partial charge is 0.341 e. The molecule has 8 nitrogen and oxygen atoms in total. The van der Waals surface area contributed by atoms with Gasteiger partial charge in [-0.2, -0.15) is 5.10 Å². The molecule has 0 aromatic carbocycles. The molecule has 140 valence electrons. The highest BCUT2D eigenvalue weighted by atomic mass is 32.1. The fraction of sp³-hybridized carbons (Fsp3) is 0.412. The van der Waals surface area contributed by atoms with Crippen molar-refractivity contribution in [2.75, 3.05) is 12.4 Å². The number of nitrogens with zero attached hydrogens (tertiary/aromatic N) is 2. The highest BCUT2D eigenvalue weighted by Crippen LogP contribution is 2.32. The van der Waals surface area contributed by atoms with Crippen molar-refractivity contribution in [3.05, 3.63) is 33.0 Å². The van der Waals surface area contributed by atoms with Gasteiger partial charge >= 0.3 is 17.8 Å². The van der Waals surface area contributed by atoms with Crippen LogP contribution in [0.4, 0.5) is 5.00 Å². The summed E-state index contributed by atoms with van der Waals surface area (Å²) < 4.78 is 6.47. The van der Waals surface area contributed by atoms with Crippen LogP contribution in [0.15, 0.2) is 0 Å². The molecule has 0 aliphatic heterocycles. The normalized spacial score (nSPS) is 10.5. The molecule has 2 rings (SSSR count). The summed E-state index contributed by atoms with van der Waals surface area (Å²) in [6, 6.07) is 0. The number of carbonyl (C=O) groups excluding carboxylic acids is 3. The van der Waals surface area contributed by atoms with Crippen molar-refractivity contribution in [2.45, 2.75) is 34.2 Å². The summed E-state index contributed by atoms with van der Waals surface area (Å²) in [7, 11) is 3.09. The van der Waals surface area contributed by atoms with E-state index in [1.807, 2.05) is 27.8 Å². The van der Waals surface area contributed by atoms with E-state index < -0.39 is 17.8 Å². The summed E-state index contributed by atoms with van der Waals surface area (Å²) in [6.45, 7) is 7.53. The van der Waals surface area contributed by atoms with Gasteiger partial charge in [-0.1, -0.05) is 0 Å². The quantitative estimate of drug-likeness (QED) is 0.623. The van der Waals surface area contributed by atoms with Gasteiger partial charge in [0.05, 0.1) is 18.4 Å². The van der Waals surface area contributed by atoms with Crippen LogP contribution < -0.4 is 10.6 Å². The van der Waals surface area contributed by atoms with Gasteiger partial charge in [0.1, 0.15) is 5.00 Å². The second-order valence-corrected chi connectivity index (χ2v) is 7.11. The Bertz CT molecular complexity index is 882. The number of carbonyl (C=O) groups is 3. The minimum Gasteiger partial charge on any atom is -0.465 e. The Morgan fingerprint density at radius 3 is 2.35 bits per heavy atom. The summed E-state index contributed by atoms with van der Waals surface area (Å²) in [6.07, 6.45) is 0. The molecule has 0 saturated heterocycles. The lowest BCUT2D eigenvalue weighted by atomic mass is 10.1. The second kappa shape index (κ2) is 7.69. The van der Waals surface area contributed by atoms with Gasteiger partial charge < -0.3 is 15.4 Å². The van der Waals surface area contributed by atoms with Crippen LogP contribution in [0.5, 0.6) is 0 Å². The number of aryl methyl sites for hydroxylation is 3. The largest absolute Gasteiger partial charge is 0.465 e. The van der Waals surface area contributed by atoms with Crippen LogP contribution in [0.1, 0.15) is 37.7 Å². The van der Waals surface area contributed by atoms with Gasteiger partial charge in [-0.05, 0) is 33.3 Å². The van der Waals surface area contributed by atoms with Gasteiger partial charge in [-0.25, -0.2) is 4.79 Å². The van der Waals surface area contributed by atoms with Crippen LogP contribution in [0.2, 0.25) is 0 Å². The molecule has 2 aromatic heterocycles. The Morgan fingerprint density at radius 1 is 1.15 bits per heavy atom. The summed E-state index contributed by atoms with van der Waals surface area (Å²) in [5, 5.41) is 9.66. The predicted molar refractivity (Wildman–Crippen MR) is 98.3 cm³/mol. The van der Waals surface area contributed by atoms with Crippen LogP contribution in [-0.4, -0.2) is 34.7 Å². The number of rotatable bonds is 4. The molecule has 0 atom stereocenters. The van der Waals surface area contributed by atoms with E-state index in [4.69, 9.17) is 4.74 Å². The molecule has 0 aliphatic carbocycles. The van der Waals surface area contributed by atoms with E-state index in [1.54, 1.807) is 11.6 Å². The first kappa shape index (κ1) is 19.6. The zero-order chi connectivity index (χ0) is 19.6. The maximum atomic E-state index is 12.2. The monoisotopic (exact) mass is 378 g/mol. The molecule has 0 radical (unpaired) electrons. The van der Waals surface area contributed by atoms with Crippen molar-refractivity contribution in [1.82, 2.24) is 15.1 Å². The fourth-order valence-electron chi connectivity index (χ4n) is 2.54. The average Bonchev–Trinajstić information content (AvgIpc) is 3.00. The molecule has 0 unspecified atom stereocenters. The van der Waals surface area contributed by atoms with E-state index in [9.17, 15) is 14.4 Å². The zero-order valence-electron chi connectivity index (χ0n) is 15.6. The van der Waals surface area contributed by atoms with Crippen LogP contribution >= 0.6 is 11.3 Å². The van der Waals surface area contributed by atoms with Crippen molar-refractivity contribution in [2.24, 2.45) is 7.05 Å². The van der Waals surface area contributed by atoms with E-state index in [0.29, 0.717) is 5.00 Å². The molecule has 0 aliphatic rings. The van der Waals surface area contributed by atoms with Crippen LogP contribution in [-0.2, 0) is 27.9 Å². The third-order valence-corrected chi connectivity index (χ3v) is 5.42. The van der Waals surface area contributed by atoms with Gasteiger partial charge in [-0.15, -0.1) is 11.3 Å². The number of nitrogens with one attached hydrogen (secondary N) is 2. The number of aromatic nitrogens is 2. The molecule has 26 heavy (non-hydrogen) atoms. The maximum Gasteiger partial charge on any atom is 0.341 e. The van der Waals surface area contributed by atoms with Gasteiger partial charge in [0.2, 0.25) is 0 Å². The first-order valence-electron chi connectivity index (χ1n) is 7.93. The molecule has 0 fully saturated rings. The Hall–Kier alpha value is -2.68.